The summed E-state index contributed by atoms with van der Waals surface area (Å²) in [5.41, 5.74) is 2.91. The number of hydrogen-bond donors (Lipinski definition) is 0. The lowest BCUT2D eigenvalue weighted by atomic mass is 9.81. The molecule has 0 saturated heterocycles. The predicted molar refractivity (Wildman–Crippen MR) is 154 cm³/mol. The van der Waals surface area contributed by atoms with Gasteiger partial charge in [0.25, 0.3) is 0 Å². The Morgan fingerprint density at radius 2 is 1.56 bits per heavy atom. The van der Waals surface area contributed by atoms with E-state index in [1.807, 2.05) is 30.3 Å². The van der Waals surface area contributed by atoms with Crippen LogP contribution in [0.4, 0.5) is 13.2 Å². The maximum Gasteiger partial charge on any atom is 0.394 e. The standard InChI is InChI=1S/C34H32F3NO/c1-19-10-11-23-22(14-19)15-25-30-29-24(12-13-38-30)28-20(8-7-9-21(28)17-33(5,6)34(35,36)37)16-27(29)39-31(25)26(23)18-32(2,3)4/h7-16H,17-18H2,1-6H3. The minimum Gasteiger partial charge on any atom is -0.456 e. The van der Waals surface area contributed by atoms with E-state index in [2.05, 4.69) is 52.0 Å². The highest BCUT2D eigenvalue weighted by Crippen LogP contribution is 2.52. The maximum atomic E-state index is 13.9. The van der Waals surface area contributed by atoms with Crippen LogP contribution >= 0.6 is 0 Å². The molecule has 4 aromatic carbocycles. The Balaban J connectivity index is 1.66. The number of benzene rings is 4. The fourth-order valence-electron chi connectivity index (χ4n) is 5.90. The molecule has 0 atom stereocenters. The van der Waals surface area contributed by atoms with Crippen LogP contribution in [-0.4, -0.2) is 11.2 Å². The van der Waals surface area contributed by atoms with Crippen LogP contribution in [0, 0.1) is 17.8 Å². The van der Waals surface area contributed by atoms with E-state index in [9.17, 15) is 13.2 Å². The monoisotopic (exact) mass is 527 g/mol. The van der Waals surface area contributed by atoms with Gasteiger partial charge in [0.15, 0.2) is 0 Å². The first-order valence-corrected chi connectivity index (χ1v) is 13.4. The van der Waals surface area contributed by atoms with E-state index in [0.29, 0.717) is 11.3 Å². The Hall–Kier alpha value is -3.60. The van der Waals surface area contributed by atoms with Crippen molar-refractivity contribution in [3.8, 4) is 22.8 Å². The molecular weight excluding hydrogens is 495 g/mol. The van der Waals surface area contributed by atoms with Gasteiger partial charge in [0.05, 0.1) is 16.5 Å². The molecule has 1 aromatic heterocycles. The number of pyridine rings is 1. The summed E-state index contributed by atoms with van der Waals surface area (Å²) in [6, 6.07) is 18.1. The molecule has 6 rings (SSSR count). The lowest BCUT2D eigenvalue weighted by molar-refractivity contribution is -0.210. The van der Waals surface area contributed by atoms with Crippen LogP contribution in [0.5, 0.6) is 11.5 Å². The van der Waals surface area contributed by atoms with Crippen LogP contribution in [0.2, 0.25) is 0 Å². The molecule has 5 heteroatoms. The van der Waals surface area contributed by atoms with Gasteiger partial charge in [-0.1, -0.05) is 76.6 Å². The zero-order chi connectivity index (χ0) is 27.9. The van der Waals surface area contributed by atoms with Crippen molar-refractivity contribution in [2.75, 3.05) is 0 Å². The summed E-state index contributed by atoms with van der Waals surface area (Å²) in [6.45, 7) is 11.3. The summed E-state index contributed by atoms with van der Waals surface area (Å²) in [5.74, 6) is 1.52. The first kappa shape index (κ1) is 25.7. The molecule has 0 fully saturated rings. The fraction of sp³-hybridized carbons (Fsp3) is 0.324. The van der Waals surface area contributed by atoms with Gasteiger partial charge in [-0.2, -0.15) is 13.2 Å². The second-order valence-electron chi connectivity index (χ2n) is 12.8. The van der Waals surface area contributed by atoms with Crippen molar-refractivity contribution in [1.82, 2.24) is 4.98 Å². The summed E-state index contributed by atoms with van der Waals surface area (Å²) in [4.78, 5) is 4.84. The Morgan fingerprint density at radius 1 is 0.795 bits per heavy atom. The summed E-state index contributed by atoms with van der Waals surface area (Å²) >= 11 is 0. The number of aryl methyl sites for hydroxylation is 1. The average Bonchev–Trinajstić information content (AvgIpc) is 2.83. The summed E-state index contributed by atoms with van der Waals surface area (Å²) in [7, 11) is 0. The molecule has 1 aliphatic heterocycles. The molecular formula is C34H32F3NO. The average molecular weight is 528 g/mol. The molecule has 0 radical (unpaired) electrons. The van der Waals surface area contributed by atoms with Gasteiger partial charge in [0.1, 0.15) is 11.5 Å². The molecule has 2 heterocycles. The molecule has 39 heavy (non-hydrogen) atoms. The van der Waals surface area contributed by atoms with Crippen LogP contribution in [-0.2, 0) is 12.8 Å². The molecule has 0 bridgehead atoms. The second kappa shape index (κ2) is 8.45. The number of rotatable bonds is 3. The molecule has 0 aliphatic carbocycles. The SMILES string of the molecule is Cc1ccc2c(CC(C)(C)C)c3c(cc2c1)-c1nccc2c1c(cc1cccc(CC(C)(C)C(F)(F)F)c12)O3. The zero-order valence-electron chi connectivity index (χ0n) is 23.2. The van der Waals surface area contributed by atoms with E-state index in [1.54, 1.807) is 6.20 Å². The zero-order valence-corrected chi connectivity index (χ0v) is 23.2. The second-order valence-corrected chi connectivity index (χ2v) is 12.8. The Kier molecular flexibility index (Phi) is 5.56. The number of halogens is 3. The summed E-state index contributed by atoms with van der Waals surface area (Å²) in [6.07, 6.45) is -1.83. The first-order chi connectivity index (χ1) is 18.2. The van der Waals surface area contributed by atoms with Gasteiger partial charge in [0.2, 0.25) is 0 Å². The van der Waals surface area contributed by atoms with E-state index in [-0.39, 0.29) is 11.8 Å². The Morgan fingerprint density at radius 3 is 2.28 bits per heavy atom. The van der Waals surface area contributed by atoms with Gasteiger partial charge in [-0.3, -0.25) is 4.98 Å². The predicted octanol–water partition coefficient (Wildman–Crippen LogP) is 10.3. The lowest BCUT2D eigenvalue weighted by Gasteiger charge is -2.29. The van der Waals surface area contributed by atoms with Crippen LogP contribution < -0.4 is 4.74 Å². The van der Waals surface area contributed by atoms with Gasteiger partial charge in [-0.05, 0) is 75.9 Å². The van der Waals surface area contributed by atoms with E-state index >= 15 is 0 Å². The van der Waals surface area contributed by atoms with Crippen molar-refractivity contribution in [3.05, 3.63) is 77.5 Å². The molecule has 0 saturated carbocycles. The fourth-order valence-corrected chi connectivity index (χ4v) is 5.90. The van der Waals surface area contributed by atoms with Crippen molar-refractivity contribution in [3.63, 3.8) is 0 Å². The number of alkyl halides is 3. The van der Waals surface area contributed by atoms with Crippen LogP contribution in [0.3, 0.4) is 0 Å². The molecule has 5 aromatic rings. The topological polar surface area (TPSA) is 22.1 Å². The van der Waals surface area contributed by atoms with Gasteiger partial charge in [-0.15, -0.1) is 0 Å². The van der Waals surface area contributed by atoms with Crippen molar-refractivity contribution >= 4 is 32.3 Å². The third-order valence-corrected chi connectivity index (χ3v) is 7.86. The van der Waals surface area contributed by atoms with E-state index in [1.165, 1.54) is 24.8 Å². The molecule has 0 spiro atoms. The van der Waals surface area contributed by atoms with Gasteiger partial charge >= 0.3 is 6.18 Å². The third-order valence-electron chi connectivity index (χ3n) is 7.86. The highest BCUT2D eigenvalue weighted by Gasteiger charge is 2.47. The van der Waals surface area contributed by atoms with Gasteiger partial charge in [-0.25, -0.2) is 0 Å². The van der Waals surface area contributed by atoms with Crippen LogP contribution in [0.15, 0.2) is 60.8 Å². The van der Waals surface area contributed by atoms with Crippen molar-refractivity contribution in [2.45, 2.75) is 60.6 Å². The minimum atomic E-state index is -4.31. The lowest BCUT2D eigenvalue weighted by Crippen LogP contribution is -2.34. The Bertz CT molecular complexity index is 1790. The molecule has 0 unspecified atom stereocenters. The van der Waals surface area contributed by atoms with Crippen molar-refractivity contribution in [2.24, 2.45) is 10.8 Å². The van der Waals surface area contributed by atoms with E-state index < -0.39 is 11.6 Å². The highest BCUT2D eigenvalue weighted by atomic mass is 19.4. The third kappa shape index (κ3) is 4.23. The summed E-state index contributed by atoms with van der Waals surface area (Å²) < 4.78 is 48.4. The number of aromatic nitrogens is 1. The van der Waals surface area contributed by atoms with Crippen LogP contribution in [0.25, 0.3) is 43.6 Å². The number of nitrogens with zero attached hydrogens (tertiary/aromatic N) is 1. The molecule has 0 N–H and O–H groups in total. The van der Waals surface area contributed by atoms with Crippen molar-refractivity contribution < 1.29 is 17.9 Å². The van der Waals surface area contributed by atoms with Gasteiger partial charge in [0, 0.05) is 17.3 Å². The van der Waals surface area contributed by atoms with Crippen LogP contribution in [0.1, 0.15) is 51.3 Å². The Labute approximate surface area is 226 Å². The largest absolute Gasteiger partial charge is 0.456 e. The number of hydrogen-bond acceptors (Lipinski definition) is 2. The van der Waals surface area contributed by atoms with E-state index in [4.69, 9.17) is 9.72 Å². The molecule has 2 nitrogen and oxygen atoms in total. The number of ether oxygens (including phenoxy) is 1. The van der Waals surface area contributed by atoms with E-state index in [0.717, 1.165) is 55.9 Å². The highest BCUT2D eigenvalue weighted by molar-refractivity contribution is 6.17. The molecule has 200 valence electrons. The van der Waals surface area contributed by atoms with Gasteiger partial charge < -0.3 is 4.74 Å². The normalized spacial score (nSPS) is 13.7. The molecule has 0 amide bonds. The molecule has 1 aliphatic rings. The summed E-state index contributed by atoms with van der Waals surface area (Å²) in [5, 5.41) is 5.71. The minimum absolute atomic E-state index is 0.0274. The number of fused-ring (bicyclic) bond motifs is 5. The maximum absolute atomic E-state index is 13.9. The first-order valence-electron chi connectivity index (χ1n) is 13.4. The van der Waals surface area contributed by atoms with Crippen molar-refractivity contribution in [1.29, 1.82) is 0 Å². The smallest absolute Gasteiger partial charge is 0.394 e. The quantitative estimate of drug-likeness (QED) is 0.214.